The highest BCUT2D eigenvalue weighted by Crippen LogP contribution is 2.41. The summed E-state index contributed by atoms with van der Waals surface area (Å²) in [7, 11) is 1.56. The molecule has 1 aromatic rings. The van der Waals surface area contributed by atoms with Crippen LogP contribution in [0, 0.1) is 5.92 Å². The second-order valence-electron chi connectivity index (χ2n) is 4.65. The zero-order chi connectivity index (χ0) is 11.6. The minimum Gasteiger partial charge on any atom is -0.480 e. The van der Waals surface area contributed by atoms with E-state index in [0.717, 1.165) is 19.3 Å². The molecule has 1 heterocycles. The van der Waals surface area contributed by atoms with Crippen molar-refractivity contribution < 1.29 is 9.84 Å². The van der Waals surface area contributed by atoms with Gasteiger partial charge in [0.15, 0.2) is 0 Å². The van der Waals surface area contributed by atoms with Gasteiger partial charge in [-0.3, -0.25) is 4.98 Å². The van der Waals surface area contributed by atoms with Crippen molar-refractivity contribution in [1.29, 1.82) is 0 Å². The molecule has 2 atom stereocenters. The van der Waals surface area contributed by atoms with Crippen LogP contribution >= 0.6 is 0 Å². The Morgan fingerprint density at radius 1 is 1.44 bits per heavy atom. The van der Waals surface area contributed by atoms with Crippen molar-refractivity contribution in [3.8, 4) is 5.88 Å². The molecule has 0 bridgehead atoms. The molecule has 0 radical (unpaired) electrons. The maximum atomic E-state index is 10.6. The summed E-state index contributed by atoms with van der Waals surface area (Å²) in [6, 6.07) is 0. The molecule has 16 heavy (non-hydrogen) atoms. The molecule has 0 aromatic carbocycles. The summed E-state index contributed by atoms with van der Waals surface area (Å²) in [5.74, 6) is 0.963. The van der Waals surface area contributed by atoms with Gasteiger partial charge in [0, 0.05) is 12.4 Å². The Bertz CT molecular complexity index is 370. The molecule has 2 unspecified atom stereocenters. The average molecular weight is 222 g/mol. The highest BCUT2D eigenvalue weighted by molar-refractivity contribution is 5.24. The normalized spacial score (nSPS) is 30.1. The molecular formula is C12H18N2O2. The Balaban J connectivity index is 2.34. The van der Waals surface area contributed by atoms with Crippen molar-refractivity contribution in [2.75, 3.05) is 7.11 Å². The average Bonchev–Trinajstić information content (AvgIpc) is 2.29. The molecule has 1 aliphatic carbocycles. The van der Waals surface area contributed by atoms with Crippen LogP contribution in [0.25, 0.3) is 0 Å². The van der Waals surface area contributed by atoms with Gasteiger partial charge in [-0.25, -0.2) is 4.98 Å². The molecule has 0 aliphatic heterocycles. The van der Waals surface area contributed by atoms with E-state index in [0.29, 0.717) is 17.5 Å². The van der Waals surface area contributed by atoms with Crippen LogP contribution in [0.2, 0.25) is 0 Å². The molecule has 1 aliphatic rings. The summed E-state index contributed by atoms with van der Waals surface area (Å²) in [5.41, 5.74) is -0.277. The number of hydrogen-bond acceptors (Lipinski definition) is 4. The van der Waals surface area contributed by atoms with Gasteiger partial charge in [-0.05, 0) is 25.2 Å². The standard InChI is InChI=1S/C12H18N2O2/c1-9-4-3-5-12(15,8-9)10-11(16-2)14-7-6-13-10/h6-7,9,15H,3-5,8H2,1-2H3. The van der Waals surface area contributed by atoms with E-state index in [2.05, 4.69) is 16.9 Å². The quantitative estimate of drug-likeness (QED) is 0.830. The number of hydrogen-bond donors (Lipinski definition) is 1. The van der Waals surface area contributed by atoms with Crippen LogP contribution in [0.5, 0.6) is 5.88 Å². The lowest BCUT2D eigenvalue weighted by Crippen LogP contribution is -2.33. The van der Waals surface area contributed by atoms with Crippen LogP contribution in [-0.4, -0.2) is 22.2 Å². The minimum absolute atomic E-state index is 0.444. The van der Waals surface area contributed by atoms with Gasteiger partial charge in [-0.2, -0.15) is 0 Å². The Morgan fingerprint density at radius 3 is 2.88 bits per heavy atom. The fourth-order valence-electron chi connectivity index (χ4n) is 2.53. The molecule has 1 aromatic heterocycles. The van der Waals surface area contributed by atoms with E-state index in [1.54, 1.807) is 19.5 Å². The highest BCUT2D eigenvalue weighted by atomic mass is 16.5. The Labute approximate surface area is 95.7 Å². The molecule has 0 spiro atoms. The first-order chi connectivity index (χ1) is 7.65. The van der Waals surface area contributed by atoms with E-state index in [-0.39, 0.29) is 0 Å². The minimum atomic E-state index is -0.864. The van der Waals surface area contributed by atoms with E-state index in [1.807, 2.05) is 0 Å². The largest absolute Gasteiger partial charge is 0.480 e. The SMILES string of the molecule is COc1nccnc1C1(O)CCCC(C)C1. The van der Waals surface area contributed by atoms with Gasteiger partial charge >= 0.3 is 0 Å². The van der Waals surface area contributed by atoms with E-state index in [4.69, 9.17) is 4.74 Å². The van der Waals surface area contributed by atoms with Crippen LogP contribution in [0.4, 0.5) is 0 Å². The maximum absolute atomic E-state index is 10.6. The van der Waals surface area contributed by atoms with E-state index < -0.39 is 5.60 Å². The topological polar surface area (TPSA) is 55.2 Å². The fourth-order valence-corrected chi connectivity index (χ4v) is 2.53. The summed E-state index contributed by atoms with van der Waals surface area (Å²) < 4.78 is 5.17. The summed E-state index contributed by atoms with van der Waals surface area (Å²) in [4.78, 5) is 8.34. The molecule has 1 saturated carbocycles. The van der Waals surface area contributed by atoms with E-state index in [1.165, 1.54) is 6.42 Å². The molecule has 0 amide bonds. The number of aromatic nitrogens is 2. The second-order valence-corrected chi connectivity index (χ2v) is 4.65. The summed E-state index contributed by atoms with van der Waals surface area (Å²) in [6.45, 7) is 2.16. The molecule has 4 heteroatoms. The lowest BCUT2D eigenvalue weighted by atomic mass is 9.77. The van der Waals surface area contributed by atoms with Crippen LogP contribution in [0.15, 0.2) is 12.4 Å². The monoisotopic (exact) mass is 222 g/mol. The Morgan fingerprint density at radius 2 is 2.19 bits per heavy atom. The zero-order valence-electron chi connectivity index (χ0n) is 9.81. The molecule has 2 rings (SSSR count). The van der Waals surface area contributed by atoms with E-state index in [9.17, 15) is 5.11 Å². The predicted molar refractivity (Wildman–Crippen MR) is 60.1 cm³/mol. The first kappa shape index (κ1) is 11.3. The maximum Gasteiger partial charge on any atom is 0.238 e. The first-order valence-electron chi connectivity index (χ1n) is 5.73. The van der Waals surface area contributed by atoms with Gasteiger partial charge in [-0.1, -0.05) is 13.3 Å². The van der Waals surface area contributed by atoms with Crippen molar-refractivity contribution in [2.45, 2.75) is 38.2 Å². The van der Waals surface area contributed by atoms with Crippen molar-refractivity contribution in [1.82, 2.24) is 9.97 Å². The van der Waals surface area contributed by atoms with Gasteiger partial charge in [0.1, 0.15) is 11.3 Å². The third-order valence-electron chi connectivity index (χ3n) is 3.27. The first-order valence-corrected chi connectivity index (χ1v) is 5.73. The van der Waals surface area contributed by atoms with Crippen LogP contribution in [0.1, 0.15) is 38.3 Å². The lowest BCUT2D eigenvalue weighted by Gasteiger charge is -2.35. The van der Waals surface area contributed by atoms with Crippen molar-refractivity contribution in [3.05, 3.63) is 18.1 Å². The number of ether oxygens (including phenoxy) is 1. The van der Waals surface area contributed by atoms with Crippen molar-refractivity contribution in [3.63, 3.8) is 0 Å². The smallest absolute Gasteiger partial charge is 0.238 e. The summed E-state index contributed by atoms with van der Waals surface area (Å²) >= 11 is 0. The fraction of sp³-hybridized carbons (Fsp3) is 0.667. The van der Waals surface area contributed by atoms with Crippen molar-refractivity contribution >= 4 is 0 Å². The molecule has 1 fully saturated rings. The molecular weight excluding hydrogens is 204 g/mol. The summed E-state index contributed by atoms with van der Waals surface area (Å²) in [5, 5.41) is 10.6. The Hall–Kier alpha value is -1.16. The molecule has 4 nitrogen and oxygen atoms in total. The molecule has 1 N–H and O–H groups in total. The van der Waals surface area contributed by atoms with Gasteiger partial charge in [0.2, 0.25) is 5.88 Å². The van der Waals surface area contributed by atoms with Crippen LogP contribution in [-0.2, 0) is 5.60 Å². The highest BCUT2D eigenvalue weighted by Gasteiger charge is 2.38. The zero-order valence-corrected chi connectivity index (χ0v) is 9.81. The van der Waals surface area contributed by atoms with Crippen LogP contribution in [0.3, 0.4) is 0 Å². The van der Waals surface area contributed by atoms with Gasteiger partial charge < -0.3 is 9.84 Å². The molecule has 0 saturated heterocycles. The lowest BCUT2D eigenvalue weighted by molar-refractivity contribution is -0.0239. The van der Waals surface area contributed by atoms with Gasteiger partial charge in [0.05, 0.1) is 7.11 Å². The predicted octanol–water partition coefficient (Wildman–Crippen LogP) is 1.88. The summed E-state index contributed by atoms with van der Waals surface area (Å²) in [6.07, 6.45) is 6.86. The number of aliphatic hydroxyl groups is 1. The van der Waals surface area contributed by atoms with Crippen molar-refractivity contribution in [2.24, 2.45) is 5.92 Å². The Kier molecular flexibility index (Phi) is 3.10. The third-order valence-corrected chi connectivity index (χ3v) is 3.27. The number of methoxy groups -OCH3 is 1. The van der Waals surface area contributed by atoms with Gasteiger partial charge in [-0.15, -0.1) is 0 Å². The second kappa shape index (κ2) is 4.37. The van der Waals surface area contributed by atoms with Gasteiger partial charge in [0.25, 0.3) is 0 Å². The number of nitrogens with zero attached hydrogens (tertiary/aromatic N) is 2. The molecule has 88 valence electrons. The van der Waals surface area contributed by atoms with E-state index >= 15 is 0 Å². The third kappa shape index (κ3) is 2.02. The number of rotatable bonds is 2. The van der Waals surface area contributed by atoms with Crippen LogP contribution < -0.4 is 4.74 Å².